The summed E-state index contributed by atoms with van der Waals surface area (Å²) in [4.78, 5) is 16.3. The van der Waals surface area contributed by atoms with E-state index in [-0.39, 0.29) is 23.2 Å². The molecule has 0 unspecified atom stereocenters. The van der Waals surface area contributed by atoms with E-state index >= 15 is 0 Å². The summed E-state index contributed by atoms with van der Waals surface area (Å²) in [5.74, 6) is -2.19. The maximum absolute atomic E-state index is 13.6. The number of hydrogen-bond donors (Lipinski definition) is 1. The van der Waals surface area contributed by atoms with Gasteiger partial charge in [-0.05, 0) is 12.5 Å². The summed E-state index contributed by atoms with van der Waals surface area (Å²) in [5, 5.41) is 12.1. The molecule has 21 heavy (non-hydrogen) atoms. The zero-order valence-electron chi connectivity index (χ0n) is 12.8. The van der Waals surface area contributed by atoms with Gasteiger partial charge in [0.15, 0.2) is 11.6 Å². The van der Waals surface area contributed by atoms with Gasteiger partial charge in [-0.1, -0.05) is 20.8 Å². The lowest BCUT2D eigenvalue weighted by Gasteiger charge is -2.17. The molecule has 0 fully saturated rings. The molecule has 5 nitrogen and oxygen atoms in total. The van der Waals surface area contributed by atoms with Crippen LogP contribution in [-0.2, 0) is 11.3 Å². The van der Waals surface area contributed by atoms with E-state index in [0.29, 0.717) is 0 Å². The number of nitrogens with zero attached hydrogens (tertiary/aromatic N) is 2. The van der Waals surface area contributed by atoms with Gasteiger partial charge >= 0.3 is 6.03 Å². The van der Waals surface area contributed by atoms with Crippen LogP contribution >= 0.6 is 0 Å². The van der Waals surface area contributed by atoms with Crippen molar-refractivity contribution in [1.29, 1.82) is 5.26 Å². The summed E-state index contributed by atoms with van der Waals surface area (Å²) >= 11 is 0. The lowest BCUT2D eigenvalue weighted by atomic mass is 10.0. The standard InChI is InChI=1S/C12H13F2N3O2.C2H6/c1-4-8-10(14)9(13)5-7(6-15)11(8)16-12(18)17(2)19-3;1-2/h5H,4H2,1-3H3,(H,16,18);1-2H3. The number of hydroxylamine groups is 2. The zero-order chi connectivity index (χ0) is 16.6. The molecule has 0 heterocycles. The smallest absolute Gasteiger partial charge is 0.304 e. The molecule has 0 atom stereocenters. The maximum atomic E-state index is 13.6. The van der Waals surface area contributed by atoms with Crippen LogP contribution in [0.4, 0.5) is 19.3 Å². The molecule has 0 aliphatic heterocycles. The number of rotatable bonds is 3. The van der Waals surface area contributed by atoms with Gasteiger partial charge in [0.05, 0.1) is 18.4 Å². The highest BCUT2D eigenvalue weighted by molar-refractivity contribution is 5.91. The Balaban J connectivity index is 0.00000191. The highest BCUT2D eigenvalue weighted by atomic mass is 19.2. The number of urea groups is 1. The molecule has 1 aromatic rings. The van der Waals surface area contributed by atoms with Gasteiger partial charge < -0.3 is 5.32 Å². The van der Waals surface area contributed by atoms with Crippen molar-refractivity contribution < 1.29 is 18.4 Å². The Bertz CT molecular complexity index is 542. The maximum Gasteiger partial charge on any atom is 0.345 e. The first-order valence-electron chi connectivity index (χ1n) is 6.46. The van der Waals surface area contributed by atoms with E-state index < -0.39 is 17.7 Å². The van der Waals surface area contributed by atoms with Crippen molar-refractivity contribution in [2.75, 3.05) is 19.5 Å². The molecular formula is C14H19F2N3O2. The normalized spacial score (nSPS) is 9.24. The van der Waals surface area contributed by atoms with Crippen LogP contribution in [0.2, 0.25) is 0 Å². The van der Waals surface area contributed by atoms with Crippen molar-refractivity contribution >= 4 is 11.7 Å². The summed E-state index contributed by atoms with van der Waals surface area (Å²) in [6, 6.07) is 1.77. The first-order chi connectivity index (χ1) is 9.96. The topological polar surface area (TPSA) is 65.4 Å². The summed E-state index contributed by atoms with van der Waals surface area (Å²) < 4.78 is 26.9. The fourth-order valence-electron chi connectivity index (χ4n) is 1.51. The van der Waals surface area contributed by atoms with Crippen LogP contribution in [0.15, 0.2) is 6.07 Å². The monoisotopic (exact) mass is 299 g/mol. The molecule has 0 aliphatic carbocycles. The van der Waals surface area contributed by atoms with Crippen molar-refractivity contribution in [3.05, 3.63) is 28.8 Å². The summed E-state index contributed by atoms with van der Waals surface area (Å²) in [7, 11) is 2.61. The predicted octanol–water partition coefficient (Wildman–Crippen LogP) is 3.45. The SMILES string of the molecule is CC.CCc1c(F)c(F)cc(C#N)c1NC(=O)N(C)OC. The van der Waals surface area contributed by atoms with E-state index in [1.165, 1.54) is 14.2 Å². The lowest BCUT2D eigenvalue weighted by molar-refractivity contribution is -0.0598. The second-order valence-electron chi connectivity index (χ2n) is 3.65. The van der Waals surface area contributed by atoms with Crippen LogP contribution in [0, 0.1) is 23.0 Å². The molecule has 1 aromatic carbocycles. The Morgan fingerprint density at radius 2 is 2.05 bits per heavy atom. The molecule has 1 N–H and O–H groups in total. The molecule has 116 valence electrons. The van der Waals surface area contributed by atoms with Crippen LogP contribution in [-0.4, -0.2) is 25.3 Å². The van der Waals surface area contributed by atoms with E-state index in [9.17, 15) is 13.6 Å². The third kappa shape index (κ3) is 4.39. The number of carbonyl (C=O) groups excluding carboxylic acids is 1. The molecule has 0 bridgehead atoms. The molecule has 1 rings (SSSR count). The van der Waals surface area contributed by atoms with Crippen LogP contribution in [0.3, 0.4) is 0 Å². The molecule has 0 aromatic heterocycles. The Labute approximate surface area is 123 Å². The molecule has 0 spiro atoms. The van der Waals surface area contributed by atoms with Crippen LogP contribution in [0.5, 0.6) is 0 Å². The van der Waals surface area contributed by atoms with Crippen molar-refractivity contribution in [3.63, 3.8) is 0 Å². The van der Waals surface area contributed by atoms with E-state index in [4.69, 9.17) is 5.26 Å². The van der Waals surface area contributed by atoms with Crippen molar-refractivity contribution in [1.82, 2.24) is 5.06 Å². The first-order valence-corrected chi connectivity index (χ1v) is 6.46. The molecule has 2 amide bonds. The van der Waals surface area contributed by atoms with Crippen molar-refractivity contribution in [3.8, 4) is 6.07 Å². The fraction of sp³-hybridized carbons (Fsp3) is 0.429. The zero-order valence-corrected chi connectivity index (χ0v) is 12.8. The average Bonchev–Trinajstić information content (AvgIpc) is 2.51. The van der Waals surface area contributed by atoms with Gasteiger partial charge in [-0.25, -0.2) is 18.6 Å². The molecule has 0 radical (unpaired) electrons. The van der Waals surface area contributed by atoms with E-state index in [2.05, 4.69) is 10.2 Å². The van der Waals surface area contributed by atoms with Crippen molar-refractivity contribution in [2.24, 2.45) is 0 Å². The molecule has 0 saturated carbocycles. The number of anilines is 1. The number of carbonyl (C=O) groups is 1. The summed E-state index contributed by atoms with van der Waals surface area (Å²) in [6.07, 6.45) is 0.130. The van der Waals surface area contributed by atoms with Gasteiger partial charge in [0, 0.05) is 12.6 Å². The molecule has 0 aliphatic rings. The van der Waals surface area contributed by atoms with Gasteiger partial charge in [0.1, 0.15) is 6.07 Å². The Morgan fingerprint density at radius 3 is 2.48 bits per heavy atom. The van der Waals surface area contributed by atoms with Crippen LogP contribution in [0.1, 0.15) is 31.9 Å². The van der Waals surface area contributed by atoms with Crippen molar-refractivity contribution in [2.45, 2.75) is 27.2 Å². The quantitative estimate of drug-likeness (QED) is 0.869. The van der Waals surface area contributed by atoms with Crippen LogP contribution < -0.4 is 5.32 Å². The number of halogens is 2. The minimum Gasteiger partial charge on any atom is -0.304 e. The highest BCUT2D eigenvalue weighted by Crippen LogP contribution is 2.27. The third-order valence-electron chi connectivity index (χ3n) is 2.58. The fourth-order valence-corrected chi connectivity index (χ4v) is 1.51. The number of amides is 2. The van der Waals surface area contributed by atoms with Gasteiger partial charge in [-0.3, -0.25) is 4.84 Å². The number of nitrogens with one attached hydrogen (secondary N) is 1. The van der Waals surface area contributed by atoms with Gasteiger partial charge in [0.25, 0.3) is 0 Å². The molecule has 7 heteroatoms. The van der Waals surface area contributed by atoms with Gasteiger partial charge in [-0.2, -0.15) is 5.26 Å². The number of hydrogen-bond acceptors (Lipinski definition) is 3. The third-order valence-corrected chi connectivity index (χ3v) is 2.58. The molecule has 0 saturated heterocycles. The Hall–Kier alpha value is -2.20. The number of benzene rings is 1. The lowest BCUT2D eigenvalue weighted by Crippen LogP contribution is -2.31. The first kappa shape index (κ1) is 18.8. The second-order valence-corrected chi connectivity index (χ2v) is 3.65. The highest BCUT2D eigenvalue weighted by Gasteiger charge is 2.20. The van der Waals surface area contributed by atoms with E-state index in [1.807, 2.05) is 13.8 Å². The molecular weight excluding hydrogens is 280 g/mol. The average molecular weight is 299 g/mol. The van der Waals surface area contributed by atoms with Gasteiger partial charge in [0.2, 0.25) is 0 Å². The second kappa shape index (κ2) is 8.87. The Morgan fingerprint density at radius 1 is 1.48 bits per heavy atom. The van der Waals surface area contributed by atoms with E-state index in [0.717, 1.165) is 11.1 Å². The summed E-state index contributed by atoms with van der Waals surface area (Å²) in [6.45, 7) is 5.59. The minimum absolute atomic E-state index is 0.0437. The van der Waals surface area contributed by atoms with E-state index in [1.54, 1.807) is 13.0 Å². The summed E-state index contributed by atoms with van der Waals surface area (Å²) in [5.41, 5.74) is -0.249. The van der Waals surface area contributed by atoms with Crippen LogP contribution in [0.25, 0.3) is 0 Å². The number of nitriles is 1. The van der Waals surface area contributed by atoms with Gasteiger partial charge in [-0.15, -0.1) is 0 Å². The predicted molar refractivity (Wildman–Crippen MR) is 75.6 cm³/mol. The Kier molecular flexibility index (Phi) is 7.94. The largest absolute Gasteiger partial charge is 0.345 e. The minimum atomic E-state index is -1.12.